The van der Waals surface area contributed by atoms with Gasteiger partial charge >= 0.3 is 0 Å². The molecule has 2 aromatic heterocycles. The van der Waals surface area contributed by atoms with E-state index in [-0.39, 0.29) is 5.91 Å². The monoisotopic (exact) mass is 496 g/mol. The third kappa shape index (κ3) is 5.16. The molecule has 0 fully saturated rings. The van der Waals surface area contributed by atoms with Crippen LogP contribution in [0.3, 0.4) is 0 Å². The number of carbonyl (C=O) groups is 1. The Balaban J connectivity index is 1.42. The number of benzene rings is 3. The summed E-state index contributed by atoms with van der Waals surface area (Å²) in [4.78, 5) is 24.5. The zero-order valence-corrected chi connectivity index (χ0v) is 21.2. The average molecular weight is 497 g/mol. The Morgan fingerprint density at radius 1 is 1.03 bits per heavy atom. The SMILES string of the molecule is COc1ccc(C)c2sc(N(CCCn3ccnc3)C(=O)c3ccc(Cc4ccccc4)cc3)nc12. The van der Waals surface area contributed by atoms with Crippen LogP contribution in [0.2, 0.25) is 0 Å². The van der Waals surface area contributed by atoms with Crippen LogP contribution in [0.15, 0.2) is 85.5 Å². The molecule has 0 bridgehead atoms. The molecule has 5 aromatic rings. The maximum Gasteiger partial charge on any atom is 0.260 e. The van der Waals surface area contributed by atoms with Crippen molar-refractivity contribution in [1.82, 2.24) is 14.5 Å². The van der Waals surface area contributed by atoms with Gasteiger partial charge in [-0.3, -0.25) is 9.69 Å². The van der Waals surface area contributed by atoms with Crippen LogP contribution in [0.5, 0.6) is 5.75 Å². The minimum Gasteiger partial charge on any atom is -0.494 e. The standard InChI is InChI=1S/C29H28N4O2S/c1-21-9-14-25(35-2)26-27(21)36-29(31-26)33(17-6-16-32-18-15-30-20-32)28(34)24-12-10-23(11-13-24)19-22-7-4-3-5-8-22/h3-5,7-15,18,20H,6,16-17,19H2,1-2H3. The number of ether oxygens (including phenoxy) is 1. The molecule has 2 heterocycles. The molecule has 1 amide bonds. The van der Waals surface area contributed by atoms with Gasteiger partial charge in [0.1, 0.15) is 11.3 Å². The number of imidazole rings is 1. The predicted molar refractivity (Wildman–Crippen MR) is 145 cm³/mol. The van der Waals surface area contributed by atoms with Crippen LogP contribution in [-0.2, 0) is 13.0 Å². The van der Waals surface area contributed by atoms with Gasteiger partial charge < -0.3 is 9.30 Å². The fraction of sp³-hybridized carbons (Fsp3) is 0.207. The second-order valence-corrected chi connectivity index (χ2v) is 9.71. The number of hydrogen-bond acceptors (Lipinski definition) is 5. The third-order valence-corrected chi connectivity index (χ3v) is 7.41. The van der Waals surface area contributed by atoms with Gasteiger partial charge in [0.25, 0.3) is 5.91 Å². The fourth-order valence-corrected chi connectivity index (χ4v) is 5.32. The van der Waals surface area contributed by atoms with E-state index in [0.29, 0.717) is 23.0 Å². The van der Waals surface area contributed by atoms with Gasteiger partial charge in [0.05, 0.1) is 18.1 Å². The summed E-state index contributed by atoms with van der Waals surface area (Å²) in [6.07, 6.45) is 7.11. The largest absolute Gasteiger partial charge is 0.494 e. The lowest BCUT2D eigenvalue weighted by Gasteiger charge is -2.20. The van der Waals surface area contributed by atoms with Crippen LogP contribution in [0.25, 0.3) is 10.2 Å². The number of methoxy groups -OCH3 is 1. The number of nitrogens with zero attached hydrogens (tertiary/aromatic N) is 4. The maximum atomic E-state index is 13.8. The zero-order chi connectivity index (χ0) is 24.9. The van der Waals surface area contributed by atoms with Gasteiger partial charge in [-0.15, -0.1) is 0 Å². The van der Waals surface area contributed by atoms with E-state index in [1.54, 1.807) is 24.5 Å². The molecule has 36 heavy (non-hydrogen) atoms. The Kier molecular flexibility index (Phi) is 7.09. The van der Waals surface area contributed by atoms with Crippen LogP contribution < -0.4 is 9.64 Å². The minimum absolute atomic E-state index is 0.0532. The number of amides is 1. The van der Waals surface area contributed by atoms with Gasteiger partial charge in [0, 0.05) is 31.0 Å². The molecular formula is C29H28N4O2S. The highest BCUT2D eigenvalue weighted by molar-refractivity contribution is 7.22. The lowest BCUT2D eigenvalue weighted by molar-refractivity contribution is 0.0986. The third-order valence-electron chi connectivity index (χ3n) is 6.20. The lowest BCUT2D eigenvalue weighted by Crippen LogP contribution is -2.32. The highest BCUT2D eigenvalue weighted by Gasteiger charge is 2.23. The number of aromatic nitrogens is 3. The first-order valence-corrected chi connectivity index (χ1v) is 12.8. The highest BCUT2D eigenvalue weighted by atomic mass is 32.1. The second kappa shape index (κ2) is 10.7. The molecule has 6 nitrogen and oxygen atoms in total. The molecule has 0 aliphatic rings. The van der Waals surface area contributed by atoms with E-state index in [0.717, 1.165) is 35.2 Å². The highest BCUT2D eigenvalue weighted by Crippen LogP contribution is 2.37. The van der Waals surface area contributed by atoms with Crippen molar-refractivity contribution in [3.05, 3.63) is 108 Å². The van der Waals surface area contributed by atoms with Crippen LogP contribution in [0.4, 0.5) is 5.13 Å². The van der Waals surface area contributed by atoms with E-state index < -0.39 is 0 Å². The minimum atomic E-state index is -0.0532. The Bertz CT molecular complexity index is 1440. The van der Waals surface area contributed by atoms with E-state index >= 15 is 0 Å². The topological polar surface area (TPSA) is 60.2 Å². The maximum absolute atomic E-state index is 13.8. The Morgan fingerprint density at radius 3 is 2.53 bits per heavy atom. The quantitative estimate of drug-likeness (QED) is 0.246. The predicted octanol–water partition coefficient (Wildman–Crippen LogP) is 6.14. The van der Waals surface area contributed by atoms with Gasteiger partial charge in [0.2, 0.25) is 0 Å². The number of anilines is 1. The molecule has 0 N–H and O–H groups in total. The molecule has 0 aliphatic carbocycles. The summed E-state index contributed by atoms with van der Waals surface area (Å²) in [5.74, 6) is 0.664. The molecule has 0 unspecified atom stereocenters. The van der Waals surface area contributed by atoms with Gasteiger partial charge in [0.15, 0.2) is 5.13 Å². The van der Waals surface area contributed by atoms with E-state index in [1.165, 1.54) is 22.5 Å². The van der Waals surface area contributed by atoms with Crippen molar-refractivity contribution in [2.45, 2.75) is 26.3 Å². The number of carbonyl (C=O) groups excluding carboxylic acids is 1. The van der Waals surface area contributed by atoms with Crippen molar-refractivity contribution in [3.63, 3.8) is 0 Å². The first kappa shape index (κ1) is 23.8. The van der Waals surface area contributed by atoms with Gasteiger partial charge in [-0.2, -0.15) is 0 Å². The summed E-state index contributed by atoms with van der Waals surface area (Å²) in [6.45, 7) is 3.37. The van der Waals surface area contributed by atoms with Crippen molar-refractivity contribution in [2.75, 3.05) is 18.6 Å². The summed E-state index contributed by atoms with van der Waals surface area (Å²) < 4.78 is 8.60. The van der Waals surface area contributed by atoms with Gasteiger partial charge in [-0.1, -0.05) is 59.9 Å². The molecule has 7 heteroatoms. The van der Waals surface area contributed by atoms with E-state index in [9.17, 15) is 4.79 Å². The summed E-state index contributed by atoms with van der Waals surface area (Å²) in [7, 11) is 1.65. The summed E-state index contributed by atoms with van der Waals surface area (Å²) in [5.41, 5.74) is 4.98. The van der Waals surface area contributed by atoms with E-state index in [1.807, 2.05) is 65.4 Å². The number of rotatable bonds is 9. The van der Waals surface area contributed by atoms with Crippen molar-refractivity contribution in [1.29, 1.82) is 0 Å². The smallest absolute Gasteiger partial charge is 0.260 e. The molecule has 0 saturated heterocycles. The average Bonchev–Trinajstić information content (AvgIpc) is 3.59. The number of fused-ring (bicyclic) bond motifs is 1. The summed E-state index contributed by atoms with van der Waals surface area (Å²) in [5, 5.41) is 0.682. The number of hydrogen-bond donors (Lipinski definition) is 0. The van der Waals surface area contributed by atoms with Crippen molar-refractivity contribution in [3.8, 4) is 5.75 Å². The summed E-state index contributed by atoms with van der Waals surface area (Å²) in [6, 6.07) is 22.2. The molecule has 0 atom stereocenters. The first-order valence-electron chi connectivity index (χ1n) is 12.0. The van der Waals surface area contributed by atoms with Crippen LogP contribution >= 0.6 is 11.3 Å². The van der Waals surface area contributed by atoms with Crippen molar-refractivity contribution in [2.24, 2.45) is 0 Å². The molecule has 182 valence electrons. The van der Waals surface area contributed by atoms with Crippen LogP contribution in [0.1, 0.15) is 33.5 Å². The Labute approximate surface area is 214 Å². The van der Waals surface area contributed by atoms with Crippen LogP contribution in [0, 0.1) is 6.92 Å². The molecule has 0 aliphatic heterocycles. The molecule has 5 rings (SSSR count). The Hall–Kier alpha value is -3.97. The summed E-state index contributed by atoms with van der Waals surface area (Å²) >= 11 is 1.53. The fourth-order valence-electron chi connectivity index (χ4n) is 4.25. The van der Waals surface area contributed by atoms with Crippen molar-refractivity contribution < 1.29 is 9.53 Å². The number of thiazole rings is 1. The normalized spacial score (nSPS) is 11.1. The zero-order valence-electron chi connectivity index (χ0n) is 20.4. The lowest BCUT2D eigenvalue weighted by atomic mass is 10.0. The van der Waals surface area contributed by atoms with Gasteiger partial charge in [-0.25, -0.2) is 9.97 Å². The Morgan fingerprint density at radius 2 is 1.81 bits per heavy atom. The second-order valence-electron chi connectivity index (χ2n) is 8.73. The molecule has 0 spiro atoms. The van der Waals surface area contributed by atoms with Crippen molar-refractivity contribution >= 4 is 32.6 Å². The van der Waals surface area contributed by atoms with Gasteiger partial charge in [-0.05, 0) is 54.7 Å². The van der Waals surface area contributed by atoms with E-state index in [4.69, 9.17) is 9.72 Å². The van der Waals surface area contributed by atoms with E-state index in [2.05, 4.69) is 24.0 Å². The van der Waals surface area contributed by atoms with Crippen LogP contribution in [-0.4, -0.2) is 34.1 Å². The number of aryl methyl sites for hydroxylation is 2. The molecule has 3 aromatic carbocycles. The first-order chi connectivity index (χ1) is 17.6. The molecule has 0 saturated carbocycles. The molecular weight excluding hydrogens is 468 g/mol. The molecule has 0 radical (unpaired) electrons.